The maximum Gasteiger partial charge on any atom is 0.410 e. The number of anilines is 1. The minimum atomic E-state index is -0.982. The van der Waals surface area contributed by atoms with Crippen LogP contribution in [0, 0.1) is 13.8 Å². The first-order valence-electron chi connectivity index (χ1n) is 15.4. The molecule has 1 fully saturated rings. The van der Waals surface area contributed by atoms with Crippen molar-refractivity contribution in [1.29, 1.82) is 0 Å². The number of piperidine rings is 1. The summed E-state index contributed by atoms with van der Waals surface area (Å²) in [6, 6.07) is 11.5. The van der Waals surface area contributed by atoms with E-state index in [1.165, 1.54) is 6.42 Å². The molecular formula is C33H46N4O5. The van der Waals surface area contributed by atoms with Crippen molar-refractivity contribution in [3.63, 3.8) is 0 Å². The van der Waals surface area contributed by atoms with E-state index in [1.807, 2.05) is 55.1 Å². The van der Waals surface area contributed by atoms with Gasteiger partial charge in [-0.2, -0.15) is 0 Å². The van der Waals surface area contributed by atoms with Crippen molar-refractivity contribution < 1.29 is 24.2 Å². The van der Waals surface area contributed by atoms with E-state index in [-0.39, 0.29) is 30.2 Å². The Morgan fingerprint density at radius 3 is 2.45 bits per heavy atom. The van der Waals surface area contributed by atoms with Gasteiger partial charge in [0.25, 0.3) is 5.91 Å². The van der Waals surface area contributed by atoms with E-state index in [4.69, 9.17) is 4.74 Å². The van der Waals surface area contributed by atoms with Crippen molar-refractivity contribution in [2.45, 2.75) is 90.7 Å². The zero-order chi connectivity index (χ0) is 30.1. The molecule has 228 valence electrons. The van der Waals surface area contributed by atoms with Gasteiger partial charge in [0, 0.05) is 44.3 Å². The number of benzene rings is 2. The van der Waals surface area contributed by atoms with Gasteiger partial charge in [0.05, 0.1) is 0 Å². The lowest BCUT2D eigenvalue weighted by molar-refractivity contribution is -0.130. The largest absolute Gasteiger partial charge is 0.507 e. The third kappa shape index (κ3) is 8.17. The molecule has 2 heterocycles. The molecule has 4 rings (SSSR count). The van der Waals surface area contributed by atoms with Crippen LogP contribution in [0.15, 0.2) is 36.4 Å². The fraction of sp³-hybridized carbons (Fsp3) is 0.545. The minimum Gasteiger partial charge on any atom is -0.507 e. The van der Waals surface area contributed by atoms with Gasteiger partial charge in [0.1, 0.15) is 5.75 Å². The zero-order valence-corrected chi connectivity index (χ0v) is 25.3. The molecule has 0 radical (unpaired) electrons. The first-order chi connectivity index (χ1) is 20.3. The summed E-state index contributed by atoms with van der Waals surface area (Å²) in [6.07, 6.45) is 6.20. The van der Waals surface area contributed by atoms with Crippen molar-refractivity contribution in [3.8, 4) is 5.75 Å². The summed E-state index contributed by atoms with van der Waals surface area (Å²) in [5.74, 6) is -0.0772. The Morgan fingerprint density at radius 1 is 1.05 bits per heavy atom. The number of aromatic hydroxyl groups is 1. The van der Waals surface area contributed by atoms with Crippen LogP contribution in [0.2, 0.25) is 0 Å². The van der Waals surface area contributed by atoms with E-state index in [9.17, 15) is 19.5 Å². The highest BCUT2D eigenvalue weighted by Crippen LogP contribution is 2.26. The number of hydrogen-bond donors (Lipinski definition) is 3. The van der Waals surface area contributed by atoms with Gasteiger partial charge in [-0.3, -0.25) is 4.79 Å². The van der Waals surface area contributed by atoms with E-state index in [0.29, 0.717) is 50.1 Å². The van der Waals surface area contributed by atoms with Crippen LogP contribution in [0.25, 0.3) is 0 Å². The SMILES string of the molecule is CCCCCCCNC(=O)[C@@H](Cc1cc(C)c(O)c(C)c1)OC(=O)N1CCC(N2CCc3ccccc3NC2=O)CC1. The highest BCUT2D eigenvalue weighted by Gasteiger charge is 2.33. The summed E-state index contributed by atoms with van der Waals surface area (Å²) in [6.45, 7) is 7.86. The van der Waals surface area contributed by atoms with Gasteiger partial charge in [-0.15, -0.1) is 0 Å². The lowest BCUT2D eigenvalue weighted by Gasteiger charge is -2.37. The van der Waals surface area contributed by atoms with E-state index in [0.717, 1.165) is 48.9 Å². The standard InChI is InChI=1S/C33H46N4O5/c1-4-5-6-7-10-16-34-31(39)29(22-25-20-23(2)30(38)24(3)21-25)42-33(41)36-17-14-27(15-18-36)37-19-13-26-11-8-9-12-28(26)35-32(37)40/h8-9,11-12,20-21,27,29,38H,4-7,10,13-19,22H2,1-3H3,(H,34,39)(H,35,40)/t29-/m1/s1. The Bertz CT molecular complexity index is 1220. The second-order valence-corrected chi connectivity index (χ2v) is 11.6. The highest BCUT2D eigenvalue weighted by molar-refractivity contribution is 5.91. The number of para-hydroxylation sites is 1. The number of nitrogens with zero attached hydrogens (tertiary/aromatic N) is 2. The molecule has 0 bridgehead atoms. The van der Waals surface area contributed by atoms with Crippen LogP contribution in [-0.4, -0.2) is 71.3 Å². The normalized spacial score (nSPS) is 16.3. The summed E-state index contributed by atoms with van der Waals surface area (Å²) >= 11 is 0. The smallest absolute Gasteiger partial charge is 0.410 e. The molecular weight excluding hydrogens is 532 g/mol. The molecule has 0 spiro atoms. The topological polar surface area (TPSA) is 111 Å². The maximum atomic E-state index is 13.3. The predicted octanol–water partition coefficient (Wildman–Crippen LogP) is 5.70. The molecule has 3 N–H and O–H groups in total. The Morgan fingerprint density at radius 2 is 1.74 bits per heavy atom. The molecule has 2 aromatic rings. The molecule has 4 amide bonds. The summed E-state index contributed by atoms with van der Waals surface area (Å²) in [5, 5.41) is 16.2. The Labute approximate surface area is 249 Å². The summed E-state index contributed by atoms with van der Waals surface area (Å²) in [4.78, 5) is 43.0. The fourth-order valence-electron chi connectivity index (χ4n) is 5.91. The Balaban J connectivity index is 1.35. The second-order valence-electron chi connectivity index (χ2n) is 11.6. The van der Waals surface area contributed by atoms with Gasteiger partial charge in [-0.25, -0.2) is 9.59 Å². The summed E-state index contributed by atoms with van der Waals surface area (Å²) in [7, 11) is 0. The van der Waals surface area contributed by atoms with E-state index >= 15 is 0 Å². The number of amides is 4. The van der Waals surface area contributed by atoms with Gasteiger partial charge in [-0.1, -0.05) is 62.9 Å². The molecule has 1 saturated heterocycles. The number of rotatable bonds is 11. The van der Waals surface area contributed by atoms with Crippen LogP contribution < -0.4 is 10.6 Å². The summed E-state index contributed by atoms with van der Waals surface area (Å²) < 4.78 is 5.84. The van der Waals surface area contributed by atoms with Crippen LogP contribution in [0.4, 0.5) is 15.3 Å². The minimum absolute atomic E-state index is 0.0260. The number of nitrogens with one attached hydrogen (secondary N) is 2. The van der Waals surface area contributed by atoms with Gasteiger partial charge in [-0.05, 0) is 67.9 Å². The number of aryl methyl sites for hydroxylation is 2. The van der Waals surface area contributed by atoms with E-state index in [2.05, 4.69) is 17.6 Å². The van der Waals surface area contributed by atoms with Crippen molar-refractivity contribution in [2.24, 2.45) is 0 Å². The Hall–Kier alpha value is -3.75. The number of phenols is 1. The molecule has 2 aliphatic heterocycles. The van der Waals surface area contributed by atoms with Crippen molar-refractivity contribution in [3.05, 3.63) is 58.7 Å². The Kier molecular flexibility index (Phi) is 11.1. The monoisotopic (exact) mass is 578 g/mol. The van der Waals surface area contributed by atoms with Gasteiger partial charge in [0.15, 0.2) is 6.10 Å². The number of likely N-dealkylation sites (tertiary alicyclic amines) is 1. The number of hydrogen-bond acceptors (Lipinski definition) is 5. The number of carbonyl (C=O) groups excluding carboxylic acids is 3. The predicted molar refractivity (Wildman–Crippen MR) is 164 cm³/mol. The van der Waals surface area contributed by atoms with Crippen LogP contribution in [0.1, 0.15) is 74.1 Å². The average Bonchev–Trinajstić information content (AvgIpc) is 3.15. The molecule has 0 saturated carbocycles. The quantitative estimate of drug-likeness (QED) is 0.296. The first kappa shape index (κ1) is 31.2. The van der Waals surface area contributed by atoms with Crippen molar-refractivity contribution in [2.75, 3.05) is 31.5 Å². The molecule has 0 aliphatic carbocycles. The zero-order valence-electron chi connectivity index (χ0n) is 25.3. The third-order valence-corrected chi connectivity index (χ3v) is 8.39. The molecule has 9 nitrogen and oxygen atoms in total. The number of carbonyl (C=O) groups is 3. The van der Waals surface area contributed by atoms with Crippen LogP contribution in [0.3, 0.4) is 0 Å². The fourth-order valence-corrected chi connectivity index (χ4v) is 5.91. The van der Waals surface area contributed by atoms with Crippen LogP contribution in [0.5, 0.6) is 5.75 Å². The number of urea groups is 1. The number of unbranched alkanes of at least 4 members (excludes halogenated alkanes) is 4. The van der Waals surface area contributed by atoms with Crippen molar-refractivity contribution in [1.82, 2.24) is 15.1 Å². The summed E-state index contributed by atoms with van der Waals surface area (Å²) in [5.41, 5.74) is 4.24. The lowest BCUT2D eigenvalue weighted by atomic mass is 10.0. The molecule has 0 aromatic heterocycles. The second kappa shape index (κ2) is 14.9. The molecule has 2 aliphatic rings. The number of phenolic OH excluding ortho intramolecular Hbond substituents is 1. The lowest BCUT2D eigenvalue weighted by Crippen LogP contribution is -2.51. The molecule has 0 unspecified atom stereocenters. The van der Waals surface area contributed by atoms with Gasteiger partial charge < -0.3 is 30.3 Å². The van der Waals surface area contributed by atoms with Gasteiger partial charge >= 0.3 is 12.1 Å². The highest BCUT2D eigenvalue weighted by atomic mass is 16.6. The van der Waals surface area contributed by atoms with Crippen molar-refractivity contribution >= 4 is 23.7 Å². The van der Waals surface area contributed by atoms with Crippen LogP contribution >= 0.6 is 0 Å². The molecule has 2 aromatic carbocycles. The van der Waals surface area contributed by atoms with Crippen LogP contribution in [-0.2, 0) is 22.4 Å². The molecule has 9 heteroatoms. The first-order valence-corrected chi connectivity index (χ1v) is 15.4. The third-order valence-electron chi connectivity index (χ3n) is 8.39. The molecule has 1 atom stereocenters. The van der Waals surface area contributed by atoms with E-state index in [1.54, 1.807) is 4.90 Å². The number of ether oxygens (including phenoxy) is 1. The maximum absolute atomic E-state index is 13.3. The van der Waals surface area contributed by atoms with Gasteiger partial charge in [0.2, 0.25) is 0 Å². The average molecular weight is 579 g/mol. The molecule has 42 heavy (non-hydrogen) atoms. The number of fused-ring (bicyclic) bond motifs is 1. The van der Waals surface area contributed by atoms with E-state index < -0.39 is 12.2 Å².